The molecule has 0 aliphatic heterocycles. The van der Waals surface area contributed by atoms with Crippen LogP contribution in [-0.2, 0) is 4.79 Å². The summed E-state index contributed by atoms with van der Waals surface area (Å²) in [7, 11) is 0. The minimum atomic E-state index is -0.142. The summed E-state index contributed by atoms with van der Waals surface area (Å²) in [4.78, 5) is 24.3. The molecule has 0 aliphatic rings. The van der Waals surface area contributed by atoms with Gasteiger partial charge in [0, 0.05) is 17.9 Å². The van der Waals surface area contributed by atoms with Gasteiger partial charge in [0.25, 0.3) is 0 Å². The number of hydrogen-bond acceptors (Lipinski definition) is 2. The van der Waals surface area contributed by atoms with Crippen LogP contribution in [-0.4, -0.2) is 11.6 Å². The molecule has 1 aromatic carbocycles. The summed E-state index contributed by atoms with van der Waals surface area (Å²) in [6.45, 7) is 10.0. The van der Waals surface area contributed by atoms with Crippen LogP contribution in [0.5, 0.6) is 0 Å². The van der Waals surface area contributed by atoms with E-state index in [1.165, 1.54) is 0 Å². The average Bonchev–Trinajstić information content (AvgIpc) is 2.43. The molecule has 0 saturated carbocycles. The first-order valence-electron chi connectivity index (χ1n) is 7.52. The van der Waals surface area contributed by atoms with E-state index in [0.29, 0.717) is 12.0 Å². The molecular formula is C19H26O2. The van der Waals surface area contributed by atoms with E-state index in [0.717, 1.165) is 0 Å². The van der Waals surface area contributed by atoms with Gasteiger partial charge in [-0.1, -0.05) is 71.0 Å². The maximum Gasteiger partial charge on any atom is 0.163 e. The zero-order valence-corrected chi connectivity index (χ0v) is 13.7. The Labute approximate surface area is 128 Å². The van der Waals surface area contributed by atoms with Crippen molar-refractivity contribution in [3.63, 3.8) is 0 Å². The Hall–Kier alpha value is -1.70. The summed E-state index contributed by atoms with van der Waals surface area (Å²) >= 11 is 0. The highest BCUT2D eigenvalue weighted by molar-refractivity contribution is 5.97. The molecular weight excluding hydrogens is 260 g/mol. The van der Waals surface area contributed by atoms with E-state index in [-0.39, 0.29) is 28.8 Å². The quantitative estimate of drug-likeness (QED) is 0.561. The second-order valence-electron chi connectivity index (χ2n) is 6.86. The first-order chi connectivity index (χ1) is 9.70. The topological polar surface area (TPSA) is 34.1 Å². The highest BCUT2D eigenvalue weighted by Crippen LogP contribution is 2.21. The zero-order chi connectivity index (χ0) is 16.0. The van der Waals surface area contributed by atoms with Crippen molar-refractivity contribution in [2.45, 2.75) is 41.0 Å². The number of allylic oxidation sites excluding steroid dienone is 2. The maximum absolute atomic E-state index is 12.2. The van der Waals surface area contributed by atoms with E-state index in [4.69, 9.17) is 0 Å². The van der Waals surface area contributed by atoms with Crippen molar-refractivity contribution < 1.29 is 9.59 Å². The molecule has 0 aliphatic carbocycles. The van der Waals surface area contributed by atoms with Gasteiger partial charge in [0.2, 0.25) is 0 Å². The number of Topliss-reactive ketones (excluding diaryl/α,β-unsaturated/α-hetero) is 1. The minimum absolute atomic E-state index is 0.00151. The van der Waals surface area contributed by atoms with Crippen molar-refractivity contribution >= 4 is 11.6 Å². The Morgan fingerprint density at radius 1 is 1.10 bits per heavy atom. The Morgan fingerprint density at radius 2 is 1.67 bits per heavy atom. The summed E-state index contributed by atoms with van der Waals surface area (Å²) in [6, 6.07) is 9.25. The van der Waals surface area contributed by atoms with Crippen LogP contribution in [0.4, 0.5) is 0 Å². The van der Waals surface area contributed by atoms with E-state index >= 15 is 0 Å². The molecule has 0 saturated heterocycles. The fourth-order valence-electron chi connectivity index (χ4n) is 1.98. The van der Waals surface area contributed by atoms with Crippen molar-refractivity contribution in [3.05, 3.63) is 48.0 Å². The van der Waals surface area contributed by atoms with Gasteiger partial charge in [0.05, 0.1) is 0 Å². The van der Waals surface area contributed by atoms with Gasteiger partial charge >= 0.3 is 0 Å². The minimum Gasteiger partial charge on any atom is -0.295 e. The highest BCUT2D eigenvalue weighted by atomic mass is 16.1. The fourth-order valence-corrected chi connectivity index (χ4v) is 1.98. The number of carbonyl (C=O) groups is 2. The normalized spacial score (nSPS) is 14.9. The molecule has 0 radical (unpaired) electrons. The molecule has 0 N–H and O–H groups in total. The monoisotopic (exact) mass is 286 g/mol. The summed E-state index contributed by atoms with van der Waals surface area (Å²) in [6.07, 6.45) is 3.99. The van der Waals surface area contributed by atoms with Crippen LogP contribution in [0.3, 0.4) is 0 Å². The average molecular weight is 286 g/mol. The number of rotatable bonds is 6. The lowest BCUT2D eigenvalue weighted by molar-refractivity contribution is -0.119. The molecule has 2 nitrogen and oxygen atoms in total. The van der Waals surface area contributed by atoms with E-state index in [1.54, 1.807) is 6.08 Å². The van der Waals surface area contributed by atoms with E-state index < -0.39 is 0 Å². The number of benzene rings is 1. The lowest BCUT2D eigenvalue weighted by Gasteiger charge is -2.18. The molecule has 0 spiro atoms. The highest BCUT2D eigenvalue weighted by Gasteiger charge is 2.21. The number of ketones is 2. The SMILES string of the molecule is C[C@H](CC(=O)c1ccccc1)[C@@H](C)C(=O)/C=C/C(C)(C)C. The Kier molecular flexibility index (Phi) is 6.07. The predicted octanol–water partition coefficient (Wildman–Crippen LogP) is 4.70. The van der Waals surface area contributed by atoms with E-state index in [9.17, 15) is 9.59 Å². The summed E-state index contributed by atoms with van der Waals surface area (Å²) in [5.41, 5.74) is 0.715. The van der Waals surface area contributed by atoms with E-state index in [1.807, 2.05) is 50.3 Å². The summed E-state index contributed by atoms with van der Waals surface area (Å²) < 4.78 is 0. The molecule has 0 unspecified atom stereocenters. The van der Waals surface area contributed by atoms with Crippen LogP contribution < -0.4 is 0 Å². The molecule has 21 heavy (non-hydrogen) atoms. The molecule has 1 aromatic rings. The van der Waals surface area contributed by atoms with Gasteiger partial charge in [-0.2, -0.15) is 0 Å². The molecule has 0 bridgehead atoms. The third-order valence-corrected chi connectivity index (χ3v) is 3.65. The van der Waals surface area contributed by atoms with Gasteiger partial charge in [-0.05, 0) is 17.4 Å². The van der Waals surface area contributed by atoms with Crippen LogP contribution >= 0.6 is 0 Å². The third-order valence-electron chi connectivity index (χ3n) is 3.65. The lowest BCUT2D eigenvalue weighted by atomic mass is 9.85. The maximum atomic E-state index is 12.2. The van der Waals surface area contributed by atoms with Crippen LogP contribution in [0.25, 0.3) is 0 Å². The predicted molar refractivity (Wildman–Crippen MR) is 87.3 cm³/mol. The molecule has 0 heterocycles. The van der Waals surface area contributed by atoms with Crippen LogP contribution in [0.15, 0.2) is 42.5 Å². The van der Waals surface area contributed by atoms with Crippen molar-refractivity contribution in [2.75, 3.05) is 0 Å². The second kappa shape index (κ2) is 7.35. The zero-order valence-electron chi connectivity index (χ0n) is 13.7. The fraction of sp³-hybridized carbons (Fsp3) is 0.474. The van der Waals surface area contributed by atoms with Crippen molar-refractivity contribution in [3.8, 4) is 0 Å². The third kappa shape index (κ3) is 6.07. The number of hydrogen-bond donors (Lipinski definition) is 0. The first kappa shape index (κ1) is 17.4. The summed E-state index contributed by atoms with van der Waals surface area (Å²) in [5.74, 6) is 0.0897. The van der Waals surface area contributed by atoms with Gasteiger partial charge in [0.15, 0.2) is 11.6 Å². The largest absolute Gasteiger partial charge is 0.295 e. The second-order valence-corrected chi connectivity index (χ2v) is 6.86. The van der Waals surface area contributed by atoms with Crippen LogP contribution in [0.1, 0.15) is 51.4 Å². The van der Waals surface area contributed by atoms with Crippen molar-refractivity contribution in [1.82, 2.24) is 0 Å². The van der Waals surface area contributed by atoms with Gasteiger partial charge < -0.3 is 0 Å². The molecule has 0 aromatic heterocycles. The first-order valence-corrected chi connectivity index (χ1v) is 7.52. The smallest absolute Gasteiger partial charge is 0.163 e. The lowest BCUT2D eigenvalue weighted by Crippen LogP contribution is -2.20. The molecule has 0 fully saturated rings. The number of carbonyl (C=O) groups excluding carboxylic acids is 2. The van der Waals surface area contributed by atoms with Gasteiger partial charge in [-0.25, -0.2) is 0 Å². The molecule has 114 valence electrons. The molecule has 0 amide bonds. The van der Waals surface area contributed by atoms with Crippen LogP contribution in [0, 0.1) is 17.3 Å². The molecule has 1 rings (SSSR count). The Morgan fingerprint density at radius 3 is 2.19 bits per heavy atom. The molecule has 2 heteroatoms. The Balaban J connectivity index is 2.63. The standard InChI is InChI=1S/C19H26O2/c1-14(13-18(21)16-9-7-6-8-10-16)15(2)17(20)11-12-19(3,4)5/h6-12,14-15H,13H2,1-5H3/b12-11+/t14-,15-/m1/s1. The van der Waals surface area contributed by atoms with Gasteiger partial charge in [-0.3, -0.25) is 9.59 Å². The van der Waals surface area contributed by atoms with Gasteiger partial charge in [0.1, 0.15) is 0 Å². The van der Waals surface area contributed by atoms with E-state index in [2.05, 4.69) is 20.8 Å². The van der Waals surface area contributed by atoms with Gasteiger partial charge in [-0.15, -0.1) is 0 Å². The Bertz CT molecular complexity index is 506. The molecule has 2 atom stereocenters. The van der Waals surface area contributed by atoms with Crippen molar-refractivity contribution in [2.24, 2.45) is 17.3 Å². The summed E-state index contributed by atoms with van der Waals surface area (Å²) in [5, 5.41) is 0. The van der Waals surface area contributed by atoms with Crippen LogP contribution in [0.2, 0.25) is 0 Å². The van der Waals surface area contributed by atoms with Crippen molar-refractivity contribution in [1.29, 1.82) is 0 Å².